The zero-order valence-electron chi connectivity index (χ0n) is 18.4. The van der Waals surface area contributed by atoms with Crippen LogP contribution < -0.4 is 4.90 Å². The lowest BCUT2D eigenvalue weighted by Crippen LogP contribution is -2.49. The van der Waals surface area contributed by atoms with Crippen LogP contribution in [0.2, 0.25) is 0 Å². The van der Waals surface area contributed by atoms with Gasteiger partial charge < -0.3 is 9.80 Å². The zero-order valence-corrected chi connectivity index (χ0v) is 18.4. The number of aryl methyl sites for hydroxylation is 2. The minimum Gasteiger partial charge on any atom is -0.368 e. The van der Waals surface area contributed by atoms with E-state index in [1.54, 1.807) is 4.52 Å². The average molecular weight is 427 g/mol. The first-order valence-corrected chi connectivity index (χ1v) is 11.0. The molecule has 0 spiro atoms. The highest BCUT2D eigenvalue weighted by atomic mass is 16.2. The van der Waals surface area contributed by atoms with Crippen molar-refractivity contribution in [3.05, 3.63) is 77.6 Å². The molecule has 0 unspecified atom stereocenters. The summed E-state index contributed by atoms with van der Waals surface area (Å²) in [7, 11) is 0. The molecule has 32 heavy (non-hydrogen) atoms. The van der Waals surface area contributed by atoms with Crippen molar-refractivity contribution in [1.82, 2.24) is 24.5 Å². The van der Waals surface area contributed by atoms with Crippen LogP contribution in [0, 0.1) is 13.8 Å². The lowest BCUT2D eigenvalue weighted by atomic mass is 10.1. The van der Waals surface area contributed by atoms with Gasteiger partial charge in [-0.1, -0.05) is 48.5 Å². The van der Waals surface area contributed by atoms with E-state index in [1.807, 2.05) is 55.1 Å². The standard InChI is InChI=1S/C25H26N6O/c1-18-22(17-23(32)30-15-13-29(14-16-30)21-11-7-4-8-12-21)19(2)31-25(26-18)27-24(28-31)20-9-5-3-6-10-20/h3-12H,13-17H2,1-2H3. The molecule has 4 aromatic rings. The molecule has 1 saturated heterocycles. The molecule has 0 atom stereocenters. The molecule has 3 heterocycles. The van der Waals surface area contributed by atoms with Crippen LogP contribution >= 0.6 is 0 Å². The molecule has 5 rings (SSSR count). The summed E-state index contributed by atoms with van der Waals surface area (Å²) in [6.07, 6.45) is 0.326. The Balaban J connectivity index is 1.33. The van der Waals surface area contributed by atoms with Crippen LogP contribution in [-0.2, 0) is 11.2 Å². The fraction of sp³-hybridized carbons (Fsp3) is 0.280. The summed E-state index contributed by atoms with van der Waals surface area (Å²) in [5.74, 6) is 1.33. The number of aromatic nitrogens is 4. The van der Waals surface area contributed by atoms with Gasteiger partial charge in [0, 0.05) is 54.4 Å². The number of carbonyl (C=O) groups excluding carboxylic acids is 1. The van der Waals surface area contributed by atoms with Gasteiger partial charge in [0.25, 0.3) is 5.78 Å². The molecule has 0 N–H and O–H groups in total. The normalized spacial score (nSPS) is 14.2. The van der Waals surface area contributed by atoms with Crippen molar-refractivity contribution in [2.45, 2.75) is 20.3 Å². The molecule has 2 aromatic heterocycles. The van der Waals surface area contributed by atoms with Gasteiger partial charge in [0.2, 0.25) is 5.91 Å². The maximum absolute atomic E-state index is 13.1. The van der Waals surface area contributed by atoms with Crippen LogP contribution in [-0.4, -0.2) is 56.6 Å². The molecule has 0 saturated carbocycles. The zero-order chi connectivity index (χ0) is 22.1. The highest BCUT2D eigenvalue weighted by Gasteiger charge is 2.23. The molecule has 0 bridgehead atoms. The van der Waals surface area contributed by atoms with Crippen LogP contribution in [0.15, 0.2) is 60.7 Å². The fourth-order valence-corrected chi connectivity index (χ4v) is 4.29. The Morgan fingerprint density at radius 3 is 2.22 bits per heavy atom. The summed E-state index contributed by atoms with van der Waals surface area (Å²) in [6, 6.07) is 20.2. The van der Waals surface area contributed by atoms with Crippen molar-refractivity contribution in [1.29, 1.82) is 0 Å². The van der Waals surface area contributed by atoms with Crippen molar-refractivity contribution < 1.29 is 4.79 Å². The number of para-hydroxylation sites is 1. The van der Waals surface area contributed by atoms with Gasteiger partial charge in [0.05, 0.1) is 6.42 Å². The Kier molecular flexibility index (Phi) is 5.31. The molecule has 7 nitrogen and oxygen atoms in total. The first-order chi connectivity index (χ1) is 15.6. The van der Waals surface area contributed by atoms with Crippen LogP contribution in [0.4, 0.5) is 5.69 Å². The van der Waals surface area contributed by atoms with Gasteiger partial charge in [-0.2, -0.15) is 4.98 Å². The molecule has 0 radical (unpaired) electrons. The van der Waals surface area contributed by atoms with E-state index in [0.717, 1.165) is 48.7 Å². The van der Waals surface area contributed by atoms with E-state index in [-0.39, 0.29) is 5.91 Å². The van der Waals surface area contributed by atoms with Crippen molar-refractivity contribution in [3.63, 3.8) is 0 Å². The van der Waals surface area contributed by atoms with Crippen LogP contribution in [0.3, 0.4) is 0 Å². The number of benzene rings is 2. The Hall–Kier alpha value is -3.74. The summed E-state index contributed by atoms with van der Waals surface area (Å²) in [6.45, 7) is 7.07. The van der Waals surface area contributed by atoms with E-state index in [9.17, 15) is 4.79 Å². The largest absolute Gasteiger partial charge is 0.368 e. The quantitative estimate of drug-likeness (QED) is 0.501. The highest BCUT2D eigenvalue weighted by molar-refractivity contribution is 5.79. The highest BCUT2D eigenvalue weighted by Crippen LogP contribution is 2.21. The predicted molar refractivity (Wildman–Crippen MR) is 125 cm³/mol. The minimum absolute atomic E-state index is 0.133. The molecular formula is C25H26N6O. The van der Waals surface area contributed by atoms with Crippen LogP contribution in [0.1, 0.15) is 17.0 Å². The third kappa shape index (κ3) is 3.82. The summed E-state index contributed by atoms with van der Waals surface area (Å²) < 4.78 is 1.76. The second-order valence-electron chi connectivity index (χ2n) is 8.15. The predicted octanol–water partition coefficient (Wildman–Crippen LogP) is 3.30. The van der Waals surface area contributed by atoms with E-state index in [4.69, 9.17) is 0 Å². The Labute approximate surface area is 187 Å². The van der Waals surface area contributed by atoms with Crippen LogP contribution in [0.25, 0.3) is 17.2 Å². The van der Waals surface area contributed by atoms with E-state index in [0.29, 0.717) is 18.0 Å². The van der Waals surface area contributed by atoms with Gasteiger partial charge in [-0.3, -0.25) is 4.79 Å². The van der Waals surface area contributed by atoms with E-state index < -0.39 is 0 Å². The van der Waals surface area contributed by atoms with Crippen molar-refractivity contribution in [2.75, 3.05) is 31.1 Å². The van der Waals surface area contributed by atoms with Gasteiger partial charge in [-0.25, -0.2) is 9.50 Å². The first-order valence-electron chi connectivity index (χ1n) is 11.0. The van der Waals surface area contributed by atoms with E-state index in [2.05, 4.69) is 44.2 Å². The maximum Gasteiger partial charge on any atom is 0.253 e. The second-order valence-corrected chi connectivity index (χ2v) is 8.15. The number of piperazine rings is 1. The van der Waals surface area contributed by atoms with E-state index in [1.165, 1.54) is 5.69 Å². The number of nitrogens with zero attached hydrogens (tertiary/aromatic N) is 6. The van der Waals surface area contributed by atoms with Crippen molar-refractivity contribution in [2.24, 2.45) is 0 Å². The molecule has 1 amide bonds. The molecule has 1 aliphatic rings. The van der Waals surface area contributed by atoms with Gasteiger partial charge >= 0.3 is 0 Å². The summed E-state index contributed by atoms with van der Waals surface area (Å²) in [5, 5.41) is 4.66. The Morgan fingerprint density at radius 2 is 1.53 bits per heavy atom. The van der Waals surface area contributed by atoms with Crippen LogP contribution in [0.5, 0.6) is 0 Å². The molecule has 1 aliphatic heterocycles. The smallest absolute Gasteiger partial charge is 0.253 e. The number of hydrogen-bond donors (Lipinski definition) is 0. The third-order valence-electron chi connectivity index (χ3n) is 6.16. The van der Waals surface area contributed by atoms with Crippen molar-refractivity contribution in [3.8, 4) is 11.4 Å². The van der Waals surface area contributed by atoms with Gasteiger partial charge in [0.15, 0.2) is 5.82 Å². The summed E-state index contributed by atoms with van der Waals surface area (Å²) in [5.41, 5.74) is 4.83. The molecule has 2 aromatic carbocycles. The number of fused-ring (bicyclic) bond motifs is 1. The molecule has 162 valence electrons. The summed E-state index contributed by atoms with van der Waals surface area (Å²) in [4.78, 5) is 26.6. The number of rotatable bonds is 4. The monoisotopic (exact) mass is 426 g/mol. The third-order valence-corrected chi connectivity index (χ3v) is 6.16. The Bertz CT molecular complexity index is 1240. The fourth-order valence-electron chi connectivity index (χ4n) is 4.29. The lowest BCUT2D eigenvalue weighted by molar-refractivity contribution is -0.130. The topological polar surface area (TPSA) is 66.6 Å². The summed E-state index contributed by atoms with van der Waals surface area (Å²) >= 11 is 0. The molecule has 7 heteroatoms. The van der Waals surface area contributed by atoms with Gasteiger partial charge in [0.1, 0.15) is 0 Å². The van der Waals surface area contributed by atoms with E-state index >= 15 is 0 Å². The lowest BCUT2D eigenvalue weighted by Gasteiger charge is -2.36. The van der Waals surface area contributed by atoms with Gasteiger partial charge in [-0.05, 0) is 26.0 Å². The van der Waals surface area contributed by atoms with Gasteiger partial charge in [-0.15, -0.1) is 5.10 Å². The number of amides is 1. The molecular weight excluding hydrogens is 400 g/mol. The molecule has 1 fully saturated rings. The SMILES string of the molecule is Cc1nc2nc(-c3ccccc3)nn2c(C)c1CC(=O)N1CCN(c2ccccc2)CC1. The number of hydrogen-bond acceptors (Lipinski definition) is 5. The second kappa shape index (κ2) is 8.42. The average Bonchev–Trinajstić information content (AvgIpc) is 3.27. The minimum atomic E-state index is 0.133. The van der Waals surface area contributed by atoms with Crippen molar-refractivity contribution >= 4 is 17.4 Å². The Morgan fingerprint density at radius 1 is 0.875 bits per heavy atom. The maximum atomic E-state index is 13.1. The number of carbonyl (C=O) groups is 1. The molecule has 0 aliphatic carbocycles. The number of anilines is 1. The first kappa shape index (κ1) is 20.2.